The van der Waals surface area contributed by atoms with Crippen LogP contribution in [0.1, 0.15) is 150 Å². The third kappa shape index (κ3) is 22.1. The maximum Gasteiger partial charge on any atom is 0.119 e. The Labute approximate surface area is 400 Å². The first kappa shape index (κ1) is 53.1. The van der Waals surface area contributed by atoms with Crippen molar-refractivity contribution in [2.75, 3.05) is 19.8 Å². The molecule has 0 saturated heterocycles. The minimum atomic E-state index is 0.718. The normalized spacial score (nSPS) is 10.6. The quantitative estimate of drug-likeness (QED) is 0.0480. The number of pyridine rings is 3. The molecule has 0 aliphatic carbocycles. The molecule has 0 aliphatic heterocycles. The van der Waals surface area contributed by atoms with Gasteiger partial charge in [0.05, 0.1) is 19.8 Å². The van der Waals surface area contributed by atoms with Gasteiger partial charge in [0.25, 0.3) is 0 Å². The summed E-state index contributed by atoms with van der Waals surface area (Å²) in [5.74, 6) is 2.89. The first-order valence-corrected chi connectivity index (χ1v) is 25.4. The van der Waals surface area contributed by atoms with Gasteiger partial charge in [0.15, 0.2) is 0 Å². The summed E-state index contributed by atoms with van der Waals surface area (Å²) in [6, 6.07) is 38.5. The average Bonchev–Trinajstić information content (AvgIpc) is 3.37. The van der Waals surface area contributed by atoms with Crippen molar-refractivity contribution in [2.45, 2.75) is 157 Å². The number of unbranched alkanes of at least 4 members (excludes halogenated alkanes) is 4. The van der Waals surface area contributed by atoms with E-state index in [0.29, 0.717) is 0 Å². The lowest BCUT2D eigenvalue weighted by molar-refractivity contribution is 0.309. The Morgan fingerprint density at radius 1 is 0.288 bits per heavy atom. The Morgan fingerprint density at radius 3 is 0.879 bits per heavy atom. The van der Waals surface area contributed by atoms with Crippen molar-refractivity contribution < 1.29 is 14.2 Å². The molecule has 0 aliphatic rings. The molecule has 0 amide bonds. The molecule has 6 aromatic rings. The van der Waals surface area contributed by atoms with Gasteiger partial charge in [-0.05, 0) is 185 Å². The molecule has 0 atom stereocenters. The zero-order valence-electron chi connectivity index (χ0n) is 41.5. The van der Waals surface area contributed by atoms with Crippen LogP contribution in [0.5, 0.6) is 17.2 Å². The first-order valence-electron chi connectivity index (χ1n) is 25.4. The van der Waals surface area contributed by atoms with Crippen LogP contribution in [-0.2, 0) is 57.8 Å². The molecule has 0 saturated carbocycles. The molecular weight excluding hydrogens is 811 g/mol. The maximum atomic E-state index is 5.70. The Bertz CT molecular complexity index is 2030. The number of hydrogen-bond donors (Lipinski definition) is 0. The lowest BCUT2D eigenvalue weighted by Gasteiger charge is -2.07. The number of benzene rings is 3. The fourth-order valence-corrected chi connectivity index (χ4v) is 7.17. The van der Waals surface area contributed by atoms with E-state index < -0.39 is 0 Å². The van der Waals surface area contributed by atoms with Gasteiger partial charge in [-0.15, -0.1) is 0 Å². The molecule has 3 heterocycles. The summed E-state index contributed by atoms with van der Waals surface area (Å²) >= 11 is 0. The van der Waals surface area contributed by atoms with Crippen LogP contribution in [0.25, 0.3) is 0 Å². The van der Waals surface area contributed by atoms with Gasteiger partial charge in [-0.25, -0.2) is 0 Å². The van der Waals surface area contributed by atoms with E-state index in [1.165, 1.54) is 95.4 Å². The van der Waals surface area contributed by atoms with Gasteiger partial charge in [-0.1, -0.05) is 115 Å². The SMILES string of the molecule is CCCCOc1ccc(CCc2ccc(CCCC)nc2)cc1.CCCCc1ccc(CCc2ccc(OCC)cc2)cn1.CCCCc1ccc(CCc2ccc(OCCC)cc2)cn1. The van der Waals surface area contributed by atoms with Crippen molar-refractivity contribution in [1.29, 1.82) is 0 Å². The van der Waals surface area contributed by atoms with Crippen LogP contribution in [0.3, 0.4) is 0 Å². The van der Waals surface area contributed by atoms with E-state index in [9.17, 15) is 0 Å². The zero-order chi connectivity index (χ0) is 46.9. The molecule has 6 heteroatoms. The largest absolute Gasteiger partial charge is 0.494 e. The van der Waals surface area contributed by atoms with Crippen LogP contribution in [0.4, 0.5) is 0 Å². The number of hydrogen-bond acceptors (Lipinski definition) is 6. The molecule has 0 fully saturated rings. The highest BCUT2D eigenvalue weighted by atomic mass is 16.5. The topological polar surface area (TPSA) is 66.4 Å². The lowest BCUT2D eigenvalue weighted by Crippen LogP contribution is -1.97. The van der Waals surface area contributed by atoms with Crippen molar-refractivity contribution in [3.63, 3.8) is 0 Å². The molecule has 66 heavy (non-hydrogen) atoms. The molecular formula is C60H81N3O3. The standard InChI is InChI=1S/C21H29NO.C20H27NO.C19H25NO/c1-3-5-7-20-13-10-19(17-22-20)9-8-18-11-14-21(15-12-18)23-16-6-4-2;1-3-5-6-19-12-9-18(16-21-19)8-7-17-10-13-20(14-11-17)22-15-4-2;1-3-5-6-18-12-9-17(15-20-18)8-7-16-10-13-19(14-11-16)21-4-2/h10-15,17H,3-9,16H2,1-2H3;9-14,16H,3-8,15H2,1-2H3;9-15H,3-8H2,1-2H3. The van der Waals surface area contributed by atoms with Gasteiger partial charge in [0.1, 0.15) is 17.2 Å². The van der Waals surface area contributed by atoms with E-state index in [-0.39, 0.29) is 0 Å². The minimum Gasteiger partial charge on any atom is -0.494 e. The van der Waals surface area contributed by atoms with Crippen LogP contribution in [-0.4, -0.2) is 34.8 Å². The second-order valence-electron chi connectivity index (χ2n) is 17.2. The van der Waals surface area contributed by atoms with Gasteiger partial charge in [0, 0.05) is 35.7 Å². The Hall–Kier alpha value is -5.49. The predicted octanol–water partition coefficient (Wildman–Crippen LogP) is 15.0. The van der Waals surface area contributed by atoms with Crippen LogP contribution < -0.4 is 14.2 Å². The molecule has 0 unspecified atom stereocenters. The summed E-state index contributed by atoms with van der Waals surface area (Å²) < 4.78 is 16.8. The third-order valence-corrected chi connectivity index (χ3v) is 11.4. The highest BCUT2D eigenvalue weighted by molar-refractivity contribution is 5.30. The molecule has 0 radical (unpaired) electrons. The average molecular weight is 892 g/mol. The molecule has 3 aromatic heterocycles. The van der Waals surface area contributed by atoms with Gasteiger partial charge in [-0.3, -0.25) is 15.0 Å². The van der Waals surface area contributed by atoms with E-state index >= 15 is 0 Å². The molecule has 0 spiro atoms. The van der Waals surface area contributed by atoms with Crippen molar-refractivity contribution in [3.8, 4) is 17.2 Å². The molecule has 6 nitrogen and oxygen atoms in total. The van der Waals surface area contributed by atoms with Crippen LogP contribution in [0, 0.1) is 0 Å². The molecule has 3 aromatic carbocycles. The first-order chi connectivity index (χ1) is 32.4. The van der Waals surface area contributed by atoms with Crippen molar-refractivity contribution in [3.05, 3.63) is 178 Å². The summed E-state index contributed by atoms with van der Waals surface area (Å²) in [5, 5.41) is 0. The molecule has 354 valence electrons. The van der Waals surface area contributed by atoms with Gasteiger partial charge >= 0.3 is 0 Å². The van der Waals surface area contributed by atoms with E-state index in [4.69, 9.17) is 14.2 Å². The molecule has 6 rings (SSSR count). The molecule has 0 bridgehead atoms. The summed E-state index contributed by atoms with van der Waals surface area (Å²) in [4.78, 5) is 13.7. The van der Waals surface area contributed by atoms with Gasteiger partial charge in [0.2, 0.25) is 0 Å². The van der Waals surface area contributed by atoms with Gasteiger partial charge in [-0.2, -0.15) is 0 Å². The number of nitrogens with zero attached hydrogens (tertiary/aromatic N) is 3. The minimum absolute atomic E-state index is 0.718. The van der Waals surface area contributed by atoms with Gasteiger partial charge < -0.3 is 14.2 Å². The lowest BCUT2D eigenvalue weighted by atomic mass is 10.0. The van der Waals surface area contributed by atoms with E-state index in [1.807, 2.05) is 37.6 Å². The summed E-state index contributed by atoms with van der Waals surface area (Å²) in [7, 11) is 0. The second kappa shape index (κ2) is 33.1. The third-order valence-electron chi connectivity index (χ3n) is 11.4. The van der Waals surface area contributed by atoms with E-state index in [2.05, 4.69) is 147 Å². The predicted molar refractivity (Wildman–Crippen MR) is 277 cm³/mol. The van der Waals surface area contributed by atoms with E-state index in [1.54, 1.807) is 0 Å². The van der Waals surface area contributed by atoms with Crippen LogP contribution in [0.2, 0.25) is 0 Å². The van der Waals surface area contributed by atoms with Crippen molar-refractivity contribution in [1.82, 2.24) is 15.0 Å². The number of aromatic nitrogens is 3. The number of rotatable bonds is 27. The smallest absolute Gasteiger partial charge is 0.119 e. The van der Waals surface area contributed by atoms with Crippen LogP contribution >= 0.6 is 0 Å². The summed E-state index contributed by atoms with van der Waals surface area (Å²) in [6.45, 7) is 15.3. The zero-order valence-corrected chi connectivity index (χ0v) is 41.5. The highest BCUT2D eigenvalue weighted by Crippen LogP contribution is 2.18. The summed E-state index contributed by atoms with van der Waals surface area (Å²) in [6.07, 6.45) is 26.3. The highest BCUT2D eigenvalue weighted by Gasteiger charge is 2.03. The second-order valence-corrected chi connectivity index (χ2v) is 17.2. The monoisotopic (exact) mass is 892 g/mol. The molecule has 0 N–H and O–H groups in total. The Balaban J connectivity index is 0.000000217. The fourth-order valence-electron chi connectivity index (χ4n) is 7.17. The summed E-state index contributed by atoms with van der Waals surface area (Å²) in [5.41, 5.74) is 11.6. The Kier molecular flexibility index (Phi) is 26.6. The maximum absolute atomic E-state index is 5.70. The number of ether oxygens (including phenoxy) is 3. The van der Waals surface area contributed by atoms with Crippen LogP contribution in [0.15, 0.2) is 128 Å². The van der Waals surface area contributed by atoms with E-state index in [0.717, 1.165) is 108 Å². The Morgan fingerprint density at radius 2 is 0.591 bits per heavy atom. The fraction of sp³-hybridized carbons (Fsp3) is 0.450. The van der Waals surface area contributed by atoms with Crippen molar-refractivity contribution in [2.24, 2.45) is 0 Å². The number of aryl methyl sites for hydroxylation is 9. The van der Waals surface area contributed by atoms with Crippen molar-refractivity contribution >= 4 is 0 Å².